The lowest BCUT2D eigenvalue weighted by Crippen LogP contribution is -2.61. The van der Waals surface area contributed by atoms with Gasteiger partial charge in [0, 0.05) is 42.8 Å². The number of aliphatic imine (C=N–C) groups is 1. The summed E-state index contributed by atoms with van der Waals surface area (Å²) in [4.78, 5) is 21.5. The van der Waals surface area contributed by atoms with Gasteiger partial charge in [-0.25, -0.2) is 4.79 Å². The standard InChI is InChI=1S/C24H39N3O2.C13H19N/c1-10-20(19-12-13-19)21(17(3)25-11-2)18(4)26-14-15-27(24(8,9)16-26)22(28)29-23(5,6)7;1-4-6-7-9-13(11-14)10-12(3)8-5-2/h10-11,19H,2,12-16H2,1,3-9H3;6-7,9-10H,4-5,8H2,1-3H3/b20-10-,21-18-,25-17?;7-6+,12-10+,13-9+. The van der Waals surface area contributed by atoms with Crippen LogP contribution in [0.3, 0.4) is 0 Å². The third-order valence-electron chi connectivity index (χ3n) is 7.44. The second-order valence-electron chi connectivity index (χ2n) is 13.1. The van der Waals surface area contributed by atoms with Crippen molar-refractivity contribution in [1.82, 2.24) is 9.80 Å². The number of rotatable bonds is 10. The maximum atomic E-state index is 12.7. The van der Waals surface area contributed by atoms with E-state index in [-0.39, 0.29) is 11.6 Å². The summed E-state index contributed by atoms with van der Waals surface area (Å²) in [6.07, 6.45) is 17.1. The molecule has 6 heteroatoms. The van der Waals surface area contributed by atoms with E-state index in [0.717, 1.165) is 43.6 Å². The Morgan fingerprint density at radius 3 is 2.28 bits per heavy atom. The van der Waals surface area contributed by atoms with Crippen LogP contribution in [-0.2, 0) is 4.74 Å². The van der Waals surface area contributed by atoms with Crippen LogP contribution >= 0.6 is 0 Å². The van der Waals surface area contributed by atoms with Crippen molar-refractivity contribution in [1.29, 1.82) is 5.26 Å². The number of carbonyl (C=O) groups excluding carboxylic acids is 1. The molecule has 1 aliphatic heterocycles. The molecule has 1 heterocycles. The number of piperazine rings is 1. The van der Waals surface area contributed by atoms with E-state index in [1.54, 1.807) is 6.20 Å². The van der Waals surface area contributed by atoms with Crippen molar-refractivity contribution in [3.05, 3.63) is 71.1 Å². The predicted octanol–water partition coefficient (Wildman–Crippen LogP) is 9.70. The molecule has 0 atom stereocenters. The van der Waals surface area contributed by atoms with Gasteiger partial charge < -0.3 is 9.64 Å². The van der Waals surface area contributed by atoms with Crippen molar-refractivity contribution in [2.75, 3.05) is 19.6 Å². The Labute approximate surface area is 263 Å². The molecule has 2 rings (SSSR count). The van der Waals surface area contributed by atoms with Crippen molar-refractivity contribution in [2.45, 2.75) is 119 Å². The summed E-state index contributed by atoms with van der Waals surface area (Å²) in [6, 6.07) is 2.18. The Kier molecular flexibility index (Phi) is 15.5. The highest BCUT2D eigenvalue weighted by Gasteiger charge is 2.40. The molecule has 0 N–H and O–H groups in total. The first kappa shape index (κ1) is 37.7. The van der Waals surface area contributed by atoms with Crippen LogP contribution in [0.25, 0.3) is 0 Å². The number of amides is 1. The number of hydrogen-bond donors (Lipinski definition) is 0. The number of nitrogens with zero attached hydrogens (tertiary/aromatic N) is 4. The summed E-state index contributed by atoms with van der Waals surface area (Å²) >= 11 is 0. The minimum atomic E-state index is -0.489. The van der Waals surface area contributed by atoms with Gasteiger partial charge in [-0.05, 0) is 112 Å². The third kappa shape index (κ3) is 12.8. The molecule has 1 saturated heterocycles. The van der Waals surface area contributed by atoms with Gasteiger partial charge in [0.1, 0.15) is 5.60 Å². The lowest BCUT2D eigenvalue weighted by atomic mass is 9.93. The highest BCUT2D eigenvalue weighted by atomic mass is 16.6. The summed E-state index contributed by atoms with van der Waals surface area (Å²) in [5.41, 5.74) is 6.04. The maximum Gasteiger partial charge on any atom is 0.410 e. The van der Waals surface area contributed by atoms with Crippen LogP contribution < -0.4 is 0 Å². The van der Waals surface area contributed by atoms with Crippen molar-refractivity contribution < 1.29 is 9.53 Å². The first-order valence-corrected chi connectivity index (χ1v) is 15.9. The Hall–Kier alpha value is -3.33. The molecule has 2 aliphatic rings. The third-order valence-corrected chi connectivity index (χ3v) is 7.44. The van der Waals surface area contributed by atoms with E-state index >= 15 is 0 Å². The molecule has 0 aromatic rings. The van der Waals surface area contributed by atoms with Crippen molar-refractivity contribution >= 4 is 11.8 Å². The molecule has 2 fully saturated rings. The summed E-state index contributed by atoms with van der Waals surface area (Å²) in [7, 11) is 0. The van der Waals surface area contributed by atoms with Crippen molar-refractivity contribution in [3.8, 4) is 6.07 Å². The fraction of sp³-hybridized carbons (Fsp3) is 0.595. The van der Waals surface area contributed by atoms with Crippen LogP contribution in [0.1, 0.15) is 108 Å². The van der Waals surface area contributed by atoms with Gasteiger partial charge in [-0.15, -0.1) is 0 Å². The molecule has 238 valence electrons. The van der Waals surface area contributed by atoms with Crippen LogP contribution in [-0.4, -0.2) is 52.4 Å². The monoisotopic (exact) mass is 590 g/mol. The SMILES string of the molecule is C=CN=C(C)C(/C(=C\C)C1CC1)=C(\C)N1CCN(C(=O)OC(C)(C)C)C(C)(C)C1.CC/C=C/C=C(C#N)\C=C(/C)CCC. The molecule has 0 aromatic carbocycles. The molecule has 0 aromatic heterocycles. The van der Waals surface area contributed by atoms with E-state index in [0.29, 0.717) is 12.5 Å². The smallest absolute Gasteiger partial charge is 0.410 e. The highest BCUT2D eigenvalue weighted by molar-refractivity contribution is 6.03. The molecular formula is C37H58N4O2. The second-order valence-corrected chi connectivity index (χ2v) is 13.1. The zero-order valence-corrected chi connectivity index (χ0v) is 29.0. The summed E-state index contributed by atoms with van der Waals surface area (Å²) in [6.45, 7) is 28.5. The van der Waals surface area contributed by atoms with E-state index in [4.69, 9.17) is 10.00 Å². The van der Waals surface area contributed by atoms with E-state index in [9.17, 15) is 4.79 Å². The van der Waals surface area contributed by atoms with Crippen molar-refractivity contribution in [2.24, 2.45) is 10.9 Å². The van der Waals surface area contributed by atoms with Crippen LogP contribution in [0.15, 0.2) is 76.1 Å². The van der Waals surface area contributed by atoms with Gasteiger partial charge in [0.25, 0.3) is 0 Å². The number of hydrogen-bond acceptors (Lipinski definition) is 5. The zero-order valence-electron chi connectivity index (χ0n) is 29.0. The van der Waals surface area contributed by atoms with Crippen LogP contribution in [0.2, 0.25) is 0 Å². The summed E-state index contributed by atoms with van der Waals surface area (Å²) in [5, 5.41) is 8.85. The van der Waals surface area contributed by atoms with E-state index in [1.165, 1.54) is 35.3 Å². The second kappa shape index (κ2) is 17.7. The van der Waals surface area contributed by atoms with Gasteiger partial charge in [-0.2, -0.15) is 5.26 Å². The van der Waals surface area contributed by atoms with Gasteiger partial charge in [0.2, 0.25) is 0 Å². The molecule has 43 heavy (non-hydrogen) atoms. The van der Waals surface area contributed by atoms with E-state index in [2.05, 4.69) is 84.0 Å². The average molecular weight is 591 g/mol. The predicted molar refractivity (Wildman–Crippen MR) is 183 cm³/mol. The Balaban J connectivity index is 0.000000557. The maximum absolute atomic E-state index is 12.7. The van der Waals surface area contributed by atoms with Crippen LogP contribution in [0, 0.1) is 17.2 Å². The van der Waals surface area contributed by atoms with Gasteiger partial charge in [-0.3, -0.25) is 9.89 Å². The molecule has 1 aliphatic carbocycles. The Bertz CT molecular complexity index is 1180. The first-order valence-electron chi connectivity index (χ1n) is 15.9. The lowest BCUT2D eigenvalue weighted by molar-refractivity contribution is -0.0178. The number of ether oxygens (including phenoxy) is 1. The minimum absolute atomic E-state index is 0.236. The Morgan fingerprint density at radius 1 is 1.16 bits per heavy atom. The quantitative estimate of drug-likeness (QED) is 0.144. The normalized spacial score (nSPS) is 18.9. The highest BCUT2D eigenvalue weighted by Crippen LogP contribution is 2.42. The average Bonchev–Trinajstić information content (AvgIpc) is 3.75. The zero-order chi connectivity index (χ0) is 32.8. The summed E-state index contributed by atoms with van der Waals surface area (Å²) in [5.74, 6) is 0.635. The van der Waals surface area contributed by atoms with Gasteiger partial charge in [-0.1, -0.05) is 50.6 Å². The Morgan fingerprint density at radius 2 is 1.81 bits per heavy atom. The molecule has 6 nitrogen and oxygen atoms in total. The molecule has 0 bridgehead atoms. The summed E-state index contributed by atoms with van der Waals surface area (Å²) < 4.78 is 5.64. The van der Waals surface area contributed by atoms with E-state index < -0.39 is 5.60 Å². The van der Waals surface area contributed by atoms with Crippen LogP contribution in [0.5, 0.6) is 0 Å². The largest absolute Gasteiger partial charge is 0.444 e. The minimum Gasteiger partial charge on any atom is -0.444 e. The first-order chi connectivity index (χ1) is 20.1. The fourth-order valence-electron chi connectivity index (χ4n) is 5.27. The molecule has 0 spiro atoms. The molecule has 0 unspecified atom stereocenters. The van der Waals surface area contributed by atoms with Gasteiger partial charge in [0.05, 0.1) is 17.2 Å². The molecule has 0 radical (unpaired) electrons. The lowest BCUT2D eigenvalue weighted by Gasteiger charge is -2.48. The van der Waals surface area contributed by atoms with Gasteiger partial charge in [0.15, 0.2) is 0 Å². The van der Waals surface area contributed by atoms with E-state index in [1.807, 2.05) is 50.0 Å². The number of nitriles is 1. The fourth-order valence-corrected chi connectivity index (χ4v) is 5.27. The topological polar surface area (TPSA) is 68.9 Å². The number of allylic oxidation sites excluding steroid dienone is 10. The van der Waals surface area contributed by atoms with Crippen LogP contribution in [0.4, 0.5) is 4.79 Å². The van der Waals surface area contributed by atoms with Crippen molar-refractivity contribution in [3.63, 3.8) is 0 Å². The van der Waals surface area contributed by atoms with Gasteiger partial charge >= 0.3 is 6.09 Å². The number of carbonyl (C=O) groups is 1. The molecular weight excluding hydrogens is 532 g/mol. The molecule has 1 amide bonds. The molecule has 1 saturated carbocycles.